The molecule has 1 aromatic rings. The number of anilines is 2. The summed E-state index contributed by atoms with van der Waals surface area (Å²) in [5, 5.41) is 3.38. The minimum absolute atomic E-state index is 0.846. The van der Waals surface area contributed by atoms with Crippen LogP contribution in [0.2, 0.25) is 0 Å². The summed E-state index contributed by atoms with van der Waals surface area (Å²) < 4.78 is 0. The maximum absolute atomic E-state index is 5.21. The third-order valence-corrected chi connectivity index (χ3v) is 3.17. The molecular formula is C15H20N2. The first-order valence-corrected chi connectivity index (χ1v) is 6.42. The van der Waals surface area contributed by atoms with Crippen molar-refractivity contribution in [3.05, 3.63) is 24.3 Å². The standard InChI is InChI=1S/C15H20N2/c1-2-3-4-11-16-14-7-9-15(10-8-14)17-12-5-6-13-17/h1,7-10,16H,3-6,11-13H2. The van der Waals surface area contributed by atoms with Gasteiger partial charge in [0, 0.05) is 37.4 Å². The molecule has 0 bridgehead atoms. The monoisotopic (exact) mass is 228 g/mol. The molecule has 0 saturated carbocycles. The van der Waals surface area contributed by atoms with Gasteiger partial charge in [-0.05, 0) is 43.5 Å². The number of unbranched alkanes of at least 4 members (excludes halogenated alkanes) is 1. The summed E-state index contributed by atoms with van der Waals surface area (Å²) in [6.07, 6.45) is 9.74. The molecule has 1 N–H and O–H groups in total. The molecule has 2 nitrogen and oxygen atoms in total. The molecule has 1 aliphatic heterocycles. The fourth-order valence-electron chi connectivity index (χ4n) is 2.19. The van der Waals surface area contributed by atoms with Crippen LogP contribution in [0, 0.1) is 12.3 Å². The summed E-state index contributed by atoms with van der Waals surface area (Å²) in [6, 6.07) is 8.72. The lowest BCUT2D eigenvalue weighted by Crippen LogP contribution is -2.17. The SMILES string of the molecule is C#CCCCNc1ccc(N2CCCC2)cc1. The quantitative estimate of drug-likeness (QED) is 0.615. The van der Waals surface area contributed by atoms with Crippen LogP contribution < -0.4 is 10.2 Å². The van der Waals surface area contributed by atoms with E-state index in [0.717, 1.165) is 19.4 Å². The van der Waals surface area contributed by atoms with E-state index in [2.05, 4.69) is 40.4 Å². The second kappa shape index (κ2) is 6.20. The number of nitrogens with one attached hydrogen (secondary N) is 1. The third kappa shape index (κ3) is 3.42. The summed E-state index contributed by atoms with van der Waals surface area (Å²) in [4.78, 5) is 2.45. The summed E-state index contributed by atoms with van der Waals surface area (Å²) in [5.41, 5.74) is 2.53. The van der Waals surface area contributed by atoms with Crippen LogP contribution in [0.5, 0.6) is 0 Å². The van der Waals surface area contributed by atoms with Gasteiger partial charge in [-0.2, -0.15) is 0 Å². The predicted molar refractivity (Wildman–Crippen MR) is 74.4 cm³/mol. The zero-order valence-electron chi connectivity index (χ0n) is 10.3. The van der Waals surface area contributed by atoms with Gasteiger partial charge in [0.25, 0.3) is 0 Å². The first-order chi connectivity index (χ1) is 8.40. The topological polar surface area (TPSA) is 15.3 Å². The molecule has 1 aliphatic rings. The summed E-state index contributed by atoms with van der Waals surface area (Å²) in [6.45, 7) is 3.36. The molecule has 1 heterocycles. The minimum Gasteiger partial charge on any atom is -0.385 e. The molecule has 90 valence electrons. The van der Waals surface area contributed by atoms with Crippen LogP contribution in [0.15, 0.2) is 24.3 Å². The highest BCUT2D eigenvalue weighted by Crippen LogP contribution is 2.21. The molecule has 0 aromatic heterocycles. The van der Waals surface area contributed by atoms with Gasteiger partial charge in [-0.3, -0.25) is 0 Å². The molecular weight excluding hydrogens is 208 g/mol. The van der Waals surface area contributed by atoms with E-state index < -0.39 is 0 Å². The molecule has 1 fully saturated rings. The highest BCUT2D eigenvalue weighted by Gasteiger charge is 2.11. The van der Waals surface area contributed by atoms with Crippen molar-refractivity contribution in [3.8, 4) is 12.3 Å². The van der Waals surface area contributed by atoms with E-state index in [0.29, 0.717) is 0 Å². The van der Waals surface area contributed by atoms with Crippen LogP contribution in [0.1, 0.15) is 25.7 Å². The number of nitrogens with zero attached hydrogens (tertiary/aromatic N) is 1. The molecule has 1 aromatic carbocycles. The van der Waals surface area contributed by atoms with Gasteiger partial charge >= 0.3 is 0 Å². The van der Waals surface area contributed by atoms with Crippen molar-refractivity contribution in [2.45, 2.75) is 25.7 Å². The van der Waals surface area contributed by atoms with Gasteiger partial charge in [-0.1, -0.05) is 0 Å². The molecule has 0 radical (unpaired) electrons. The normalized spacial score (nSPS) is 14.6. The lowest BCUT2D eigenvalue weighted by molar-refractivity contribution is 0.907. The average Bonchev–Trinajstić information content (AvgIpc) is 2.89. The van der Waals surface area contributed by atoms with Crippen molar-refractivity contribution in [2.75, 3.05) is 29.9 Å². The van der Waals surface area contributed by atoms with Gasteiger partial charge < -0.3 is 10.2 Å². The molecule has 0 aliphatic carbocycles. The number of benzene rings is 1. The van der Waals surface area contributed by atoms with Crippen LogP contribution in [0.3, 0.4) is 0 Å². The van der Waals surface area contributed by atoms with Crippen molar-refractivity contribution in [1.82, 2.24) is 0 Å². The zero-order valence-corrected chi connectivity index (χ0v) is 10.3. The maximum atomic E-state index is 5.21. The van der Waals surface area contributed by atoms with Crippen LogP contribution >= 0.6 is 0 Å². The Morgan fingerprint density at radius 2 is 1.88 bits per heavy atom. The molecule has 17 heavy (non-hydrogen) atoms. The Kier molecular flexibility index (Phi) is 4.32. The van der Waals surface area contributed by atoms with Gasteiger partial charge in [0.15, 0.2) is 0 Å². The molecule has 2 rings (SSSR count). The van der Waals surface area contributed by atoms with Crippen molar-refractivity contribution >= 4 is 11.4 Å². The van der Waals surface area contributed by atoms with E-state index >= 15 is 0 Å². The third-order valence-electron chi connectivity index (χ3n) is 3.17. The van der Waals surface area contributed by atoms with E-state index in [1.54, 1.807) is 0 Å². The van der Waals surface area contributed by atoms with E-state index in [1.807, 2.05) is 0 Å². The lowest BCUT2D eigenvalue weighted by atomic mass is 10.2. The van der Waals surface area contributed by atoms with Crippen molar-refractivity contribution in [2.24, 2.45) is 0 Å². The summed E-state index contributed by atoms with van der Waals surface area (Å²) >= 11 is 0. The maximum Gasteiger partial charge on any atom is 0.0367 e. The Morgan fingerprint density at radius 3 is 2.53 bits per heavy atom. The van der Waals surface area contributed by atoms with Gasteiger partial charge in [0.2, 0.25) is 0 Å². The van der Waals surface area contributed by atoms with E-state index in [1.165, 1.54) is 37.3 Å². The van der Waals surface area contributed by atoms with E-state index in [9.17, 15) is 0 Å². The number of rotatable bonds is 5. The van der Waals surface area contributed by atoms with Gasteiger partial charge in [0.05, 0.1) is 0 Å². The molecule has 1 saturated heterocycles. The zero-order chi connectivity index (χ0) is 11.9. The first-order valence-electron chi connectivity index (χ1n) is 6.42. The van der Waals surface area contributed by atoms with E-state index in [-0.39, 0.29) is 0 Å². The van der Waals surface area contributed by atoms with Crippen LogP contribution in [0.25, 0.3) is 0 Å². The van der Waals surface area contributed by atoms with E-state index in [4.69, 9.17) is 6.42 Å². The second-order valence-electron chi connectivity index (χ2n) is 4.48. The Morgan fingerprint density at radius 1 is 1.18 bits per heavy atom. The Bertz CT molecular complexity index is 369. The van der Waals surface area contributed by atoms with Crippen LogP contribution in [-0.4, -0.2) is 19.6 Å². The van der Waals surface area contributed by atoms with Gasteiger partial charge in [0.1, 0.15) is 0 Å². The molecule has 2 heteroatoms. The molecule has 0 amide bonds. The molecule has 0 atom stereocenters. The number of terminal acetylenes is 1. The van der Waals surface area contributed by atoms with Gasteiger partial charge in [-0.15, -0.1) is 12.3 Å². The fourth-order valence-corrected chi connectivity index (χ4v) is 2.19. The van der Waals surface area contributed by atoms with Crippen LogP contribution in [0.4, 0.5) is 11.4 Å². The highest BCUT2D eigenvalue weighted by atomic mass is 15.1. The average molecular weight is 228 g/mol. The first kappa shape index (κ1) is 11.9. The summed E-state index contributed by atoms with van der Waals surface area (Å²) in [5.74, 6) is 2.65. The second-order valence-corrected chi connectivity index (χ2v) is 4.48. The molecule has 0 spiro atoms. The predicted octanol–water partition coefficient (Wildman–Crippen LogP) is 3.11. The smallest absolute Gasteiger partial charge is 0.0367 e. The van der Waals surface area contributed by atoms with Crippen molar-refractivity contribution in [3.63, 3.8) is 0 Å². The summed E-state index contributed by atoms with van der Waals surface area (Å²) in [7, 11) is 0. The number of hydrogen-bond acceptors (Lipinski definition) is 2. The van der Waals surface area contributed by atoms with Crippen molar-refractivity contribution < 1.29 is 0 Å². The highest BCUT2D eigenvalue weighted by molar-refractivity contribution is 5.55. The number of hydrogen-bond donors (Lipinski definition) is 1. The fraction of sp³-hybridized carbons (Fsp3) is 0.467. The van der Waals surface area contributed by atoms with Gasteiger partial charge in [-0.25, -0.2) is 0 Å². The van der Waals surface area contributed by atoms with Crippen molar-refractivity contribution in [1.29, 1.82) is 0 Å². The molecule has 0 unspecified atom stereocenters. The minimum atomic E-state index is 0.846. The Hall–Kier alpha value is -1.62. The largest absolute Gasteiger partial charge is 0.385 e. The Balaban J connectivity index is 1.83. The Labute approximate surface area is 104 Å². The van der Waals surface area contributed by atoms with Crippen LogP contribution in [-0.2, 0) is 0 Å². The lowest BCUT2D eigenvalue weighted by Gasteiger charge is -2.17.